The van der Waals surface area contributed by atoms with Crippen LogP contribution in [0.15, 0.2) is 42.5 Å². The molecular formula is C15H20O2. The summed E-state index contributed by atoms with van der Waals surface area (Å²) in [5, 5.41) is 0. The van der Waals surface area contributed by atoms with E-state index in [9.17, 15) is 0 Å². The van der Waals surface area contributed by atoms with E-state index in [1.807, 2.05) is 6.07 Å². The molecule has 0 aliphatic carbocycles. The van der Waals surface area contributed by atoms with E-state index in [4.69, 9.17) is 9.47 Å². The molecule has 2 nitrogen and oxygen atoms in total. The highest BCUT2D eigenvalue weighted by Crippen LogP contribution is 2.35. The molecule has 92 valence electrons. The summed E-state index contributed by atoms with van der Waals surface area (Å²) in [6, 6.07) is 10.4. The fraction of sp³-hybridized carbons (Fsp3) is 0.467. The van der Waals surface area contributed by atoms with Gasteiger partial charge in [0.05, 0.1) is 18.8 Å². The number of ether oxygens (including phenoxy) is 2. The molecule has 0 saturated carbocycles. The Hall–Kier alpha value is -1.12. The Morgan fingerprint density at radius 2 is 2.06 bits per heavy atom. The number of hydrogen-bond acceptors (Lipinski definition) is 2. The summed E-state index contributed by atoms with van der Waals surface area (Å²) in [7, 11) is 1.74. The van der Waals surface area contributed by atoms with Crippen LogP contribution in [0.1, 0.15) is 25.0 Å². The Morgan fingerprint density at radius 1 is 1.35 bits per heavy atom. The topological polar surface area (TPSA) is 18.5 Å². The van der Waals surface area contributed by atoms with Crippen molar-refractivity contribution < 1.29 is 9.47 Å². The van der Waals surface area contributed by atoms with Gasteiger partial charge in [-0.1, -0.05) is 42.5 Å². The quantitative estimate of drug-likeness (QED) is 0.744. The highest BCUT2D eigenvalue weighted by atomic mass is 16.5. The van der Waals surface area contributed by atoms with Crippen LogP contribution in [0.2, 0.25) is 0 Å². The predicted octanol–water partition coefficient (Wildman–Crippen LogP) is 3.36. The van der Waals surface area contributed by atoms with Crippen LogP contribution in [0, 0.1) is 5.92 Å². The molecule has 3 atom stereocenters. The average molecular weight is 232 g/mol. The largest absolute Gasteiger partial charge is 0.378 e. The molecule has 0 unspecified atom stereocenters. The van der Waals surface area contributed by atoms with Gasteiger partial charge in [-0.25, -0.2) is 0 Å². The lowest BCUT2D eigenvalue weighted by atomic mass is 9.85. The second kappa shape index (κ2) is 5.48. The van der Waals surface area contributed by atoms with E-state index in [1.165, 1.54) is 11.1 Å². The van der Waals surface area contributed by atoms with Gasteiger partial charge in [0.25, 0.3) is 0 Å². The van der Waals surface area contributed by atoms with E-state index in [2.05, 4.69) is 37.8 Å². The number of rotatable bonds is 3. The van der Waals surface area contributed by atoms with Crippen LogP contribution < -0.4 is 0 Å². The first kappa shape index (κ1) is 12.3. The van der Waals surface area contributed by atoms with Gasteiger partial charge in [-0.05, 0) is 18.9 Å². The summed E-state index contributed by atoms with van der Waals surface area (Å²) in [5.74, 6) is 0.388. The summed E-state index contributed by atoms with van der Waals surface area (Å²) in [6.07, 6.45) is 1.27. The number of hydrogen-bond donors (Lipinski definition) is 0. The molecule has 17 heavy (non-hydrogen) atoms. The van der Waals surface area contributed by atoms with E-state index in [0.29, 0.717) is 12.5 Å². The third-order valence-corrected chi connectivity index (χ3v) is 3.49. The maximum absolute atomic E-state index is 5.88. The third kappa shape index (κ3) is 2.76. The Kier molecular flexibility index (Phi) is 3.97. The first-order chi connectivity index (χ1) is 8.22. The molecule has 2 rings (SSSR count). The van der Waals surface area contributed by atoms with Gasteiger partial charge in [-0.3, -0.25) is 0 Å². The molecule has 2 heteroatoms. The van der Waals surface area contributed by atoms with Gasteiger partial charge in [-0.15, -0.1) is 0 Å². The van der Waals surface area contributed by atoms with Gasteiger partial charge < -0.3 is 9.47 Å². The first-order valence-corrected chi connectivity index (χ1v) is 6.07. The van der Waals surface area contributed by atoms with Crippen LogP contribution in [0.3, 0.4) is 0 Å². The maximum Gasteiger partial charge on any atom is 0.0870 e. The van der Waals surface area contributed by atoms with Crippen molar-refractivity contribution in [2.45, 2.75) is 25.6 Å². The molecule has 0 radical (unpaired) electrons. The van der Waals surface area contributed by atoms with Gasteiger partial charge in [0.2, 0.25) is 0 Å². The summed E-state index contributed by atoms with van der Waals surface area (Å²) in [6.45, 7) is 6.79. The van der Waals surface area contributed by atoms with Crippen molar-refractivity contribution in [2.75, 3.05) is 13.7 Å². The van der Waals surface area contributed by atoms with E-state index in [1.54, 1.807) is 7.11 Å². The standard InChI is InChI=1S/C15H20O2/c1-11(2)13-9-14(17-10-15(13)16-3)12-7-5-4-6-8-12/h4-8,13-15H,1,9-10H2,2-3H3/t13-,14+,15-/m1/s1. The molecule has 0 spiro atoms. The van der Waals surface area contributed by atoms with Crippen molar-refractivity contribution in [3.8, 4) is 0 Å². The van der Waals surface area contributed by atoms with Crippen molar-refractivity contribution in [3.05, 3.63) is 48.0 Å². The minimum absolute atomic E-state index is 0.146. The Morgan fingerprint density at radius 3 is 2.65 bits per heavy atom. The van der Waals surface area contributed by atoms with Crippen molar-refractivity contribution in [1.29, 1.82) is 0 Å². The van der Waals surface area contributed by atoms with Crippen molar-refractivity contribution >= 4 is 0 Å². The Labute approximate surface area is 103 Å². The molecule has 0 bridgehead atoms. The second-order valence-electron chi connectivity index (χ2n) is 4.70. The minimum atomic E-state index is 0.146. The minimum Gasteiger partial charge on any atom is -0.378 e. The molecule has 0 aromatic heterocycles. The molecule has 1 aromatic rings. The average Bonchev–Trinajstić information content (AvgIpc) is 2.39. The summed E-state index contributed by atoms with van der Waals surface area (Å²) < 4.78 is 11.3. The Bertz CT molecular complexity index is 372. The Balaban J connectivity index is 2.11. The summed E-state index contributed by atoms with van der Waals surface area (Å²) >= 11 is 0. The predicted molar refractivity (Wildman–Crippen MR) is 68.9 cm³/mol. The van der Waals surface area contributed by atoms with Gasteiger partial charge in [0, 0.05) is 13.0 Å². The van der Waals surface area contributed by atoms with E-state index in [0.717, 1.165) is 6.42 Å². The molecule has 1 aliphatic rings. The second-order valence-corrected chi connectivity index (χ2v) is 4.70. The lowest BCUT2D eigenvalue weighted by Crippen LogP contribution is -2.35. The van der Waals surface area contributed by atoms with Crippen LogP contribution in [0.25, 0.3) is 0 Å². The first-order valence-electron chi connectivity index (χ1n) is 6.07. The van der Waals surface area contributed by atoms with Crippen molar-refractivity contribution in [3.63, 3.8) is 0 Å². The van der Waals surface area contributed by atoms with Crippen LogP contribution in [-0.4, -0.2) is 19.8 Å². The van der Waals surface area contributed by atoms with E-state index < -0.39 is 0 Å². The molecule has 0 N–H and O–H groups in total. The van der Waals surface area contributed by atoms with Gasteiger partial charge >= 0.3 is 0 Å². The van der Waals surface area contributed by atoms with Gasteiger partial charge in [0.15, 0.2) is 0 Å². The summed E-state index contributed by atoms with van der Waals surface area (Å²) in [5.41, 5.74) is 2.43. The third-order valence-electron chi connectivity index (χ3n) is 3.49. The van der Waals surface area contributed by atoms with Crippen molar-refractivity contribution in [1.82, 2.24) is 0 Å². The highest BCUT2D eigenvalue weighted by Gasteiger charge is 2.32. The smallest absolute Gasteiger partial charge is 0.0870 e. The summed E-state index contributed by atoms with van der Waals surface area (Å²) in [4.78, 5) is 0. The monoisotopic (exact) mass is 232 g/mol. The maximum atomic E-state index is 5.88. The molecule has 0 amide bonds. The van der Waals surface area contributed by atoms with Crippen LogP contribution in [-0.2, 0) is 9.47 Å². The molecule has 1 fully saturated rings. The van der Waals surface area contributed by atoms with Crippen LogP contribution >= 0.6 is 0 Å². The molecule has 1 saturated heterocycles. The zero-order chi connectivity index (χ0) is 12.3. The number of methoxy groups -OCH3 is 1. The zero-order valence-corrected chi connectivity index (χ0v) is 10.6. The lowest BCUT2D eigenvalue weighted by Gasteiger charge is -2.36. The number of benzene rings is 1. The van der Waals surface area contributed by atoms with E-state index >= 15 is 0 Å². The van der Waals surface area contributed by atoms with Crippen LogP contribution in [0.5, 0.6) is 0 Å². The molecule has 1 heterocycles. The van der Waals surface area contributed by atoms with Gasteiger partial charge in [0.1, 0.15) is 0 Å². The highest BCUT2D eigenvalue weighted by molar-refractivity contribution is 5.19. The fourth-order valence-electron chi connectivity index (χ4n) is 2.43. The van der Waals surface area contributed by atoms with Gasteiger partial charge in [-0.2, -0.15) is 0 Å². The molecular weight excluding hydrogens is 212 g/mol. The van der Waals surface area contributed by atoms with E-state index in [-0.39, 0.29) is 12.2 Å². The van der Waals surface area contributed by atoms with Crippen molar-refractivity contribution in [2.24, 2.45) is 5.92 Å². The fourth-order valence-corrected chi connectivity index (χ4v) is 2.43. The van der Waals surface area contributed by atoms with Crippen LogP contribution in [0.4, 0.5) is 0 Å². The zero-order valence-electron chi connectivity index (χ0n) is 10.6. The molecule has 1 aliphatic heterocycles. The normalized spacial score (nSPS) is 28.9. The SMILES string of the molecule is C=C(C)[C@H]1C[C@@H](c2ccccc2)OC[C@H]1OC. The lowest BCUT2D eigenvalue weighted by molar-refractivity contribution is -0.0959. The molecule has 1 aromatic carbocycles.